The lowest BCUT2D eigenvalue weighted by atomic mass is 10.1. The summed E-state index contributed by atoms with van der Waals surface area (Å²) in [6.07, 6.45) is 0. The number of anilines is 1. The zero-order valence-electron chi connectivity index (χ0n) is 6.63. The van der Waals surface area contributed by atoms with Gasteiger partial charge in [0.05, 0.1) is 0 Å². The van der Waals surface area contributed by atoms with Crippen molar-refractivity contribution in [1.82, 2.24) is 0 Å². The molecule has 1 rings (SSSR count). The van der Waals surface area contributed by atoms with Gasteiger partial charge in [0.1, 0.15) is 5.49 Å². The third kappa shape index (κ3) is 2.13. The van der Waals surface area contributed by atoms with Crippen molar-refractivity contribution >= 4 is 29.2 Å². The van der Waals surface area contributed by atoms with Crippen LogP contribution in [0.5, 0.6) is 0 Å². The van der Waals surface area contributed by atoms with Gasteiger partial charge in [-0.3, -0.25) is 4.79 Å². The quantitative estimate of drug-likeness (QED) is 0.437. The van der Waals surface area contributed by atoms with E-state index in [2.05, 4.69) is 23.0 Å². The molecule has 0 saturated carbocycles. The summed E-state index contributed by atoms with van der Waals surface area (Å²) in [7, 11) is 0. The summed E-state index contributed by atoms with van der Waals surface area (Å²) in [5.41, 5.74) is 3.92. The highest BCUT2D eigenvalue weighted by Gasteiger charge is 1.96. The van der Waals surface area contributed by atoms with Crippen LogP contribution in [0.15, 0.2) is 24.3 Å². The molecule has 1 aromatic carbocycles. The predicted molar refractivity (Wildman–Crippen MR) is 52.7 cm³/mol. The maximum atomic E-state index is 10.9. The Morgan fingerprint density at radius 2 is 2.00 bits per heavy atom. The van der Waals surface area contributed by atoms with Gasteiger partial charge in [-0.15, -0.1) is 0 Å². The van der Waals surface area contributed by atoms with E-state index in [0.717, 1.165) is 5.69 Å². The van der Waals surface area contributed by atoms with E-state index >= 15 is 0 Å². The lowest BCUT2D eigenvalue weighted by Gasteiger charge is -1.98. The van der Waals surface area contributed by atoms with Gasteiger partial charge in [0.15, 0.2) is 5.78 Å². The summed E-state index contributed by atoms with van der Waals surface area (Å²) >= 11 is 4.49. The summed E-state index contributed by atoms with van der Waals surface area (Å²) in [4.78, 5) is 10.9. The second-order valence-electron chi connectivity index (χ2n) is 2.36. The lowest BCUT2D eigenvalue weighted by Crippen LogP contribution is -1.94. The summed E-state index contributed by atoms with van der Waals surface area (Å²) < 4.78 is 0. The van der Waals surface area contributed by atoms with Crippen molar-refractivity contribution < 1.29 is 4.79 Å². The monoisotopic (exact) mass is 178 g/mol. The number of benzene rings is 1. The Kier molecular flexibility index (Phi) is 2.94. The fourth-order valence-corrected chi connectivity index (χ4v) is 0.965. The number of ketones is 1. The van der Waals surface area contributed by atoms with Gasteiger partial charge < -0.3 is 5.32 Å². The molecule has 0 atom stereocenters. The fourth-order valence-electron chi connectivity index (χ4n) is 0.847. The van der Waals surface area contributed by atoms with Crippen molar-refractivity contribution in [3.8, 4) is 0 Å². The standard InChI is InChI=1S/C9H8NOS/c1-7(11)8-2-4-9(5-3-8)10-6-12/h2-5H,1H3,(H,10,12). The van der Waals surface area contributed by atoms with E-state index < -0.39 is 0 Å². The van der Waals surface area contributed by atoms with Crippen LogP contribution in [-0.2, 0) is 0 Å². The third-order valence-corrected chi connectivity index (χ3v) is 1.59. The van der Waals surface area contributed by atoms with Gasteiger partial charge in [-0.2, -0.15) is 0 Å². The van der Waals surface area contributed by atoms with Gasteiger partial charge in [0.2, 0.25) is 0 Å². The summed E-state index contributed by atoms with van der Waals surface area (Å²) in [5.74, 6) is 0.0629. The Morgan fingerprint density at radius 1 is 1.42 bits per heavy atom. The Morgan fingerprint density at radius 3 is 2.42 bits per heavy atom. The van der Waals surface area contributed by atoms with Crippen LogP contribution in [0.3, 0.4) is 0 Å². The number of rotatable bonds is 3. The highest BCUT2D eigenvalue weighted by molar-refractivity contribution is 7.79. The molecule has 0 aliphatic heterocycles. The smallest absolute Gasteiger partial charge is 0.159 e. The summed E-state index contributed by atoms with van der Waals surface area (Å²) in [5, 5.41) is 2.73. The van der Waals surface area contributed by atoms with Crippen molar-refractivity contribution in [3.05, 3.63) is 29.8 Å². The van der Waals surface area contributed by atoms with E-state index in [0.29, 0.717) is 5.56 Å². The van der Waals surface area contributed by atoms with Crippen LogP contribution in [-0.4, -0.2) is 11.3 Å². The van der Waals surface area contributed by atoms with Crippen LogP contribution in [0.25, 0.3) is 0 Å². The molecular weight excluding hydrogens is 170 g/mol. The predicted octanol–water partition coefficient (Wildman–Crippen LogP) is 2.14. The average molecular weight is 178 g/mol. The molecule has 0 fully saturated rings. The molecule has 0 saturated heterocycles. The number of Topliss-reactive ketones (excluding diaryl/α,β-unsaturated/α-hetero) is 1. The van der Waals surface area contributed by atoms with Crippen molar-refractivity contribution in [2.75, 3.05) is 5.32 Å². The minimum atomic E-state index is 0.0629. The van der Waals surface area contributed by atoms with E-state index in [4.69, 9.17) is 0 Å². The molecule has 0 aromatic heterocycles. The molecule has 0 bridgehead atoms. The number of thiocarbonyl (C=S) groups is 1. The molecule has 3 heteroatoms. The van der Waals surface area contributed by atoms with Crippen LogP contribution in [0.2, 0.25) is 0 Å². The fraction of sp³-hybridized carbons (Fsp3) is 0.111. The first-order chi connectivity index (χ1) is 5.74. The van der Waals surface area contributed by atoms with Crippen molar-refractivity contribution in [2.45, 2.75) is 6.92 Å². The van der Waals surface area contributed by atoms with E-state index in [-0.39, 0.29) is 5.78 Å². The Balaban J connectivity index is 2.85. The van der Waals surface area contributed by atoms with Gasteiger partial charge in [-0.1, -0.05) is 12.2 Å². The molecule has 61 valence electrons. The molecule has 1 radical (unpaired) electrons. The highest BCUT2D eigenvalue weighted by Crippen LogP contribution is 2.08. The first kappa shape index (κ1) is 8.87. The summed E-state index contributed by atoms with van der Waals surface area (Å²) in [6, 6.07) is 7.07. The minimum absolute atomic E-state index is 0.0629. The van der Waals surface area contributed by atoms with E-state index in [1.165, 1.54) is 6.92 Å². The lowest BCUT2D eigenvalue weighted by molar-refractivity contribution is 0.101. The normalized spacial score (nSPS) is 9.08. The number of nitrogens with one attached hydrogen (secondary N) is 1. The van der Waals surface area contributed by atoms with Gasteiger partial charge >= 0.3 is 0 Å². The van der Waals surface area contributed by atoms with Crippen LogP contribution in [0.4, 0.5) is 5.69 Å². The number of carbonyl (C=O) groups is 1. The van der Waals surface area contributed by atoms with Crippen LogP contribution >= 0.6 is 12.2 Å². The highest BCUT2D eigenvalue weighted by atomic mass is 32.1. The molecule has 2 nitrogen and oxygen atoms in total. The van der Waals surface area contributed by atoms with Gasteiger partial charge in [0.25, 0.3) is 0 Å². The van der Waals surface area contributed by atoms with Crippen molar-refractivity contribution in [3.63, 3.8) is 0 Å². The number of carbonyl (C=O) groups excluding carboxylic acids is 1. The third-order valence-electron chi connectivity index (χ3n) is 1.49. The second-order valence-corrected chi connectivity index (χ2v) is 2.56. The topological polar surface area (TPSA) is 29.1 Å². The zero-order valence-corrected chi connectivity index (χ0v) is 7.44. The van der Waals surface area contributed by atoms with Crippen molar-refractivity contribution in [2.24, 2.45) is 0 Å². The Labute approximate surface area is 76.6 Å². The molecule has 12 heavy (non-hydrogen) atoms. The Hall–Kier alpha value is -1.22. The molecule has 0 amide bonds. The van der Waals surface area contributed by atoms with Crippen LogP contribution in [0, 0.1) is 0 Å². The molecule has 0 unspecified atom stereocenters. The molecule has 1 aromatic rings. The second kappa shape index (κ2) is 3.97. The first-order valence-electron chi connectivity index (χ1n) is 3.48. The van der Waals surface area contributed by atoms with Crippen LogP contribution < -0.4 is 5.32 Å². The average Bonchev–Trinajstić information content (AvgIpc) is 2.06. The van der Waals surface area contributed by atoms with E-state index in [1.54, 1.807) is 24.3 Å². The maximum absolute atomic E-state index is 10.9. The van der Waals surface area contributed by atoms with Gasteiger partial charge in [-0.05, 0) is 31.2 Å². The van der Waals surface area contributed by atoms with Crippen LogP contribution in [0.1, 0.15) is 17.3 Å². The maximum Gasteiger partial charge on any atom is 0.159 e. The molecule has 1 N–H and O–H groups in total. The van der Waals surface area contributed by atoms with E-state index in [9.17, 15) is 4.79 Å². The number of hydrogen-bond donors (Lipinski definition) is 1. The first-order valence-corrected chi connectivity index (χ1v) is 3.89. The van der Waals surface area contributed by atoms with Gasteiger partial charge in [-0.25, -0.2) is 0 Å². The molecule has 0 aliphatic rings. The largest absolute Gasteiger partial charge is 0.344 e. The Bertz CT molecular complexity index is 292. The zero-order chi connectivity index (χ0) is 8.97. The summed E-state index contributed by atoms with van der Waals surface area (Å²) in [6.45, 7) is 1.54. The minimum Gasteiger partial charge on any atom is -0.344 e. The van der Waals surface area contributed by atoms with Gasteiger partial charge in [0, 0.05) is 11.3 Å². The molecule has 0 aliphatic carbocycles. The molecular formula is C9H8NOS. The molecule has 0 heterocycles. The number of hydrogen-bond acceptors (Lipinski definition) is 2. The SMILES string of the molecule is CC(=O)c1ccc(N[C]=S)cc1. The van der Waals surface area contributed by atoms with E-state index in [1.807, 2.05) is 0 Å². The van der Waals surface area contributed by atoms with Crippen molar-refractivity contribution in [1.29, 1.82) is 0 Å². The molecule has 0 spiro atoms.